The smallest absolute Gasteiger partial charge is 0.279 e. The molecule has 0 radical (unpaired) electrons. The molecule has 1 saturated heterocycles. The molecule has 1 aromatic carbocycles. The Morgan fingerprint density at radius 3 is 2.59 bits per heavy atom. The maximum Gasteiger partial charge on any atom is 0.279 e. The number of fused-ring (bicyclic) bond motifs is 3. The number of nitrogens with one attached hydrogen (secondary N) is 2. The van der Waals surface area contributed by atoms with Crippen molar-refractivity contribution in [2.75, 3.05) is 31.6 Å². The Morgan fingerprint density at radius 1 is 1.13 bits per heavy atom. The summed E-state index contributed by atoms with van der Waals surface area (Å²) in [5, 5.41) is 24.6. The molecule has 5 heterocycles. The molecular weight excluding hydrogens is 588 g/mol. The van der Waals surface area contributed by atoms with Crippen LogP contribution in [0.3, 0.4) is 0 Å². The van der Waals surface area contributed by atoms with Crippen molar-refractivity contribution in [2.45, 2.75) is 69.7 Å². The van der Waals surface area contributed by atoms with Gasteiger partial charge in [-0.3, -0.25) is 19.5 Å². The highest BCUT2D eigenvalue weighted by Gasteiger charge is 2.46. The molecule has 2 fully saturated rings. The van der Waals surface area contributed by atoms with Crippen molar-refractivity contribution in [3.63, 3.8) is 0 Å². The predicted octanol–water partition coefficient (Wildman–Crippen LogP) is 3.07. The second-order valence-corrected chi connectivity index (χ2v) is 13.0. The molecule has 1 saturated carbocycles. The number of aromatic hydroxyl groups is 1. The maximum absolute atomic E-state index is 14.3. The van der Waals surface area contributed by atoms with Crippen LogP contribution in [-0.2, 0) is 27.9 Å². The number of likely N-dealkylation sites (tertiary alicyclic amines) is 1. The normalized spacial score (nSPS) is 19.0. The van der Waals surface area contributed by atoms with E-state index in [2.05, 4.69) is 32.7 Å². The summed E-state index contributed by atoms with van der Waals surface area (Å²) in [5.74, 6) is 0.789. The van der Waals surface area contributed by atoms with Crippen molar-refractivity contribution >= 4 is 28.9 Å². The fourth-order valence-corrected chi connectivity index (χ4v) is 7.38. The molecule has 1 spiro atoms. The number of carbonyl (C=O) groups excluding carboxylic acids is 2. The molecule has 2 aliphatic heterocycles. The highest BCUT2D eigenvalue weighted by atomic mass is 16.5. The van der Waals surface area contributed by atoms with Crippen LogP contribution in [0.5, 0.6) is 5.75 Å². The summed E-state index contributed by atoms with van der Waals surface area (Å²) < 4.78 is 8.69. The third-order valence-corrected chi connectivity index (χ3v) is 10.2. The number of ether oxygens (including phenoxy) is 1. The third kappa shape index (κ3) is 4.80. The summed E-state index contributed by atoms with van der Waals surface area (Å²) in [6, 6.07) is 8.03. The molecule has 13 heteroatoms. The Morgan fingerprint density at radius 2 is 1.91 bits per heavy atom. The van der Waals surface area contributed by atoms with Gasteiger partial charge in [-0.25, -0.2) is 0 Å². The summed E-state index contributed by atoms with van der Waals surface area (Å²) in [6.07, 6.45) is 7.49. The van der Waals surface area contributed by atoms with E-state index in [1.54, 1.807) is 11.8 Å². The molecule has 13 nitrogen and oxygen atoms in total. The first-order valence-corrected chi connectivity index (χ1v) is 16.0. The zero-order valence-electron chi connectivity index (χ0n) is 25.7. The van der Waals surface area contributed by atoms with Crippen LogP contribution in [-0.4, -0.2) is 77.5 Å². The lowest BCUT2D eigenvalue weighted by molar-refractivity contribution is -0.116. The second-order valence-electron chi connectivity index (χ2n) is 13.0. The van der Waals surface area contributed by atoms with Gasteiger partial charge in [0.2, 0.25) is 11.7 Å². The molecule has 3 aromatic heterocycles. The fourth-order valence-electron chi connectivity index (χ4n) is 7.38. The topological polar surface area (TPSA) is 160 Å². The monoisotopic (exact) mass is 624 g/mol. The van der Waals surface area contributed by atoms with Gasteiger partial charge >= 0.3 is 0 Å². The third-order valence-electron chi connectivity index (χ3n) is 10.2. The van der Waals surface area contributed by atoms with E-state index in [9.17, 15) is 19.5 Å². The minimum atomic E-state index is -0.468. The van der Waals surface area contributed by atoms with E-state index in [-0.39, 0.29) is 35.4 Å². The molecule has 2 aliphatic carbocycles. The molecule has 238 valence electrons. The van der Waals surface area contributed by atoms with Gasteiger partial charge in [0.15, 0.2) is 17.3 Å². The standard InChI is InChI=1S/C33H36N8O5/c1-19-28(43)27(37-36-19)31(45)39-14-12-33(13-15-39)11-8-24-26(33)30(44)41-32(35-29(38-41)22-9-16-46-17-10-22)40(24)18-25(42)34-23-6-4-21(5-7-23)20-2-3-20/h4-7,9,20,43H,2-3,8,10-18H2,1H3,(H,34,42)(H,36,37). The van der Waals surface area contributed by atoms with Crippen LogP contribution in [0.4, 0.5) is 5.69 Å². The number of amides is 2. The summed E-state index contributed by atoms with van der Waals surface area (Å²) in [5.41, 5.74) is 4.16. The van der Waals surface area contributed by atoms with Gasteiger partial charge in [0.1, 0.15) is 12.2 Å². The molecule has 3 N–H and O–H groups in total. The molecule has 0 unspecified atom stereocenters. The number of hydrogen-bond acceptors (Lipinski definition) is 8. The second kappa shape index (κ2) is 10.9. The van der Waals surface area contributed by atoms with E-state index >= 15 is 0 Å². The van der Waals surface area contributed by atoms with E-state index in [0.29, 0.717) is 80.8 Å². The Bertz CT molecular complexity index is 1960. The molecular formula is C33H36N8O5. The summed E-state index contributed by atoms with van der Waals surface area (Å²) >= 11 is 0. The van der Waals surface area contributed by atoms with E-state index < -0.39 is 5.41 Å². The largest absolute Gasteiger partial charge is 0.504 e. The first kappa shape index (κ1) is 28.7. The zero-order valence-corrected chi connectivity index (χ0v) is 25.7. The molecule has 4 aliphatic rings. The number of hydrogen-bond donors (Lipinski definition) is 3. The van der Waals surface area contributed by atoms with Crippen molar-refractivity contribution in [2.24, 2.45) is 0 Å². The van der Waals surface area contributed by atoms with E-state index in [1.165, 1.54) is 22.9 Å². The molecule has 8 rings (SSSR count). The lowest BCUT2D eigenvalue weighted by atomic mass is 9.74. The lowest BCUT2D eigenvalue weighted by Crippen LogP contribution is -2.46. The van der Waals surface area contributed by atoms with E-state index in [1.807, 2.05) is 22.8 Å². The molecule has 0 bridgehead atoms. The summed E-state index contributed by atoms with van der Waals surface area (Å²) in [6.45, 7) is 3.46. The molecule has 2 amide bonds. The van der Waals surface area contributed by atoms with Crippen molar-refractivity contribution in [3.8, 4) is 5.75 Å². The number of aromatic amines is 1. The minimum absolute atomic E-state index is 0.0179. The van der Waals surface area contributed by atoms with Crippen LogP contribution in [0.1, 0.15) is 83.3 Å². The number of piperidine rings is 1. The van der Waals surface area contributed by atoms with Crippen LogP contribution < -0.4 is 10.9 Å². The van der Waals surface area contributed by atoms with Crippen molar-refractivity contribution < 1.29 is 19.4 Å². The predicted molar refractivity (Wildman–Crippen MR) is 168 cm³/mol. The number of H-pyrrole nitrogens is 1. The number of aromatic nitrogens is 6. The number of aryl methyl sites for hydroxylation is 1. The Labute approximate surface area is 264 Å². The molecule has 46 heavy (non-hydrogen) atoms. The quantitative estimate of drug-likeness (QED) is 0.295. The number of nitrogens with zero attached hydrogens (tertiary/aromatic N) is 6. The van der Waals surface area contributed by atoms with Crippen LogP contribution >= 0.6 is 0 Å². The molecule has 4 aromatic rings. The fraction of sp³-hybridized carbons (Fsp3) is 0.455. The maximum atomic E-state index is 14.3. The van der Waals surface area contributed by atoms with Gasteiger partial charge in [-0.2, -0.15) is 14.6 Å². The SMILES string of the molecule is Cc1n[nH]c(C(=O)N2CCC3(CCc4c3c(=O)n3nc(C5=CCOCC5)nc3n4CC(=O)Nc3ccc(C4CC4)cc3)CC2)c1O. The van der Waals surface area contributed by atoms with Crippen molar-refractivity contribution in [3.05, 3.63) is 74.7 Å². The molecule has 0 atom stereocenters. The van der Waals surface area contributed by atoms with Crippen molar-refractivity contribution in [1.82, 2.24) is 34.3 Å². The van der Waals surface area contributed by atoms with Gasteiger partial charge < -0.3 is 24.6 Å². The zero-order chi connectivity index (χ0) is 31.6. The van der Waals surface area contributed by atoms with Crippen LogP contribution in [0.2, 0.25) is 0 Å². The Kier molecular flexibility index (Phi) is 6.82. The summed E-state index contributed by atoms with van der Waals surface area (Å²) in [7, 11) is 0. The van der Waals surface area contributed by atoms with Gasteiger partial charge in [0.05, 0.1) is 13.2 Å². The average Bonchev–Trinajstić information content (AvgIpc) is 3.59. The Balaban J connectivity index is 1.13. The van der Waals surface area contributed by atoms with E-state index in [4.69, 9.17) is 9.72 Å². The highest BCUT2D eigenvalue weighted by molar-refractivity contribution is 5.95. The van der Waals surface area contributed by atoms with E-state index in [0.717, 1.165) is 23.4 Å². The van der Waals surface area contributed by atoms with Gasteiger partial charge in [-0.05, 0) is 81.1 Å². The average molecular weight is 625 g/mol. The lowest BCUT2D eigenvalue weighted by Gasteiger charge is -2.39. The first-order valence-electron chi connectivity index (χ1n) is 16.0. The van der Waals surface area contributed by atoms with Crippen LogP contribution in [0.15, 0.2) is 35.1 Å². The van der Waals surface area contributed by atoms with Crippen LogP contribution in [0, 0.1) is 6.92 Å². The van der Waals surface area contributed by atoms with Gasteiger partial charge in [-0.1, -0.05) is 18.2 Å². The minimum Gasteiger partial charge on any atom is -0.504 e. The Hall–Kier alpha value is -4.78. The van der Waals surface area contributed by atoms with Gasteiger partial charge in [0.25, 0.3) is 11.5 Å². The number of anilines is 1. The van der Waals surface area contributed by atoms with Gasteiger partial charge in [-0.15, -0.1) is 5.10 Å². The van der Waals surface area contributed by atoms with Gasteiger partial charge in [0, 0.05) is 35.4 Å². The number of benzene rings is 1. The number of carbonyl (C=O) groups is 2. The summed E-state index contributed by atoms with van der Waals surface area (Å²) in [4.78, 5) is 47.5. The number of rotatable bonds is 6. The van der Waals surface area contributed by atoms with Crippen LogP contribution in [0.25, 0.3) is 11.4 Å². The highest BCUT2D eigenvalue weighted by Crippen LogP contribution is 2.45. The first-order chi connectivity index (χ1) is 22.3. The van der Waals surface area contributed by atoms with Crippen molar-refractivity contribution in [1.29, 1.82) is 0 Å².